The maximum absolute atomic E-state index is 12.1. The Balaban J connectivity index is 2.63. The number of ether oxygens (including phenoxy) is 1. The maximum atomic E-state index is 12.1. The zero-order valence-corrected chi connectivity index (χ0v) is 13.1. The number of hydrogen-bond acceptors (Lipinski definition) is 4. The number of amides is 1. The molecule has 0 bridgehead atoms. The van der Waals surface area contributed by atoms with Crippen molar-refractivity contribution >= 4 is 23.6 Å². The van der Waals surface area contributed by atoms with Crippen LogP contribution >= 0.6 is 11.8 Å². The largest absolute Gasteiger partial charge is 0.449 e. The van der Waals surface area contributed by atoms with Gasteiger partial charge in [-0.1, -0.05) is 26.0 Å². The molecule has 1 amide bonds. The minimum Gasteiger partial charge on any atom is -0.449 e. The highest BCUT2D eigenvalue weighted by Crippen LogP contribution is 2.20. The monoisotopic (exact) mass is 295 g/mol. The highest BCUT2D eigenvalue weighted by atomic mass is 32.2. The van der Waals surface area contributed by atoms with Gasteiger partial charge < -0.3 is 10.1 Å². The van der Waals surface area contributed by atoms with Gasteiger partial charge >= 0.3 is 5.97 Å². The van der Waals surface area contributed by atoms with Crippen molar-refractivity contribution in [3.63, 3.8) is 0 Å². The summed E-state index contributed by atoms with van der Waals surface area (Å²) in [6.45, 7) is 6.16. The molecule has 20 heavy (non-hydrogen) atoms. The van der Waals surface area contributed by atoms with Crippen molar-refractivity contribution < 1.29 is 14.3 Å². The molecule has 1 N–H and O–H groups in total. The Bertz CT molecular complexity index is 474. The lowest BCUT2D eigenvalue weighted by atomic mass is 10.2. The normalized spacial score (nSPS) is 12.1. The molecule has 0 unspecified atom stereocenters. The number of carbonyl (C=O) groups excluding carboxylic acids is 2. The summed E-state index contributed by atoms with van der Waals surface area (Å²) in [6.07, 6.45) is 1.10. The average Bonchev–Trinajstić information content (AvgIpc) is 2.44. The van der Waals surface area contributed by atoms with Crippen molar-refractivity contribution in [3.05, 3.63) is 29.8 Å². The molecule has 1 aromatic rings. The first-order chi connectivity index (χ1) is 9.45. The van der Waals surface area contributed by atoms with E-state index < -0.39 is 12.1 Å². The molecule has 0 heterocycles. The molecule has 0 saturated heterocycles. The topological polar surface area (TPSA) is 55.4 Å². The van der Waals surface area contributed by atoms with E-state index in [1.165, 1.54) is 11.8 Å². The third kappa shape index (κ3) is 4.89. The van der Waals surface area contributed by atoms with E-state index in [0.717, 1.165) is 4.90 Å². The van der Waals surface area contributed by atoms with Crippen LogP contribution in [0.5, 0.6) is 0 Å². The quantitative estimate of drug-likeness (QED) is 0.647. The second kappa shape index (κ2) is 7.94. The van der Waals surface area contributed by atoms with E-state index in [1.807, 2.05) is 32.2 Å². The van der Waals surface area contributed by atoms with E-state index in [2.05, 4.69) is 5.32 Å². The molecule has 0 aliphatic carbocycles. The Labute approximate surface area is 124 Å². The first kappa shape index (κ1) is 16.6. The summed E-state index contributed by atoms with van der Waals surface area (Å²) >= 11 is 1.47. The van der Waals surface area contributed by atoms with Crippen molar-refractivity contribution in [1.29, 1.82) is 0 Å². The van der Waals surface area contributed by atoms with Crippen LogP contribution in [0.15, 0.2) is 29.2 Å². The van der Waals surface area contributed by atoms with E-state index in [4.69, 9.17) is 4.74 Å². The van der Waals surface area contributed by atoms with Crippen LogP contribution in [0.4, 0.5) is 0 Å². The van der Waals surface area contributed by atoms with E-state index in [0.29, 0.717) is 18.0 Å². The van der Waals surface area contributed by atoms with Gasteiger partial charge in [-0.2, -0.15) is 0 Å². The van der Waals surface area contributed by atoms with Gasteiger partial charge in [-0.3, -0.25) is 4.79 Å². The van der Waals surface area contributed by atoms with E-state index >= 15 is 0 Å². The molecule has 110 valence electrons. The van der Waals surface area contributed by atoms with Gasteiger partial charge in [0.2, 0.25) is 0 Å². The molecular weight excluding hydrogens is 274 g/mol. The Hall–Kier alpha value is -1.49. The van der Waals surface area contributed by atoms with Gasteiger partial charge in [-0.25, -0.2) is 4.79 Å². The van der Waals surface area contributed by atoms with Gasteiger partial charge in [-0.15, -0.1) is 11.8 Å². The zero-order valence-electron chi connectivity index (χ0n) is 12.3. The lowest BCUT2D eigenvalue weighted by Gasteiger charge is -2.15. The minimum atomic E-state index is -0.795. The molecule has 0 radical (unpaired) electrons. The lowest BCUT2D eigenvalue weighted by molar-refractivity contribution is -0.129. The second-order valence-electron chi connectivity index (χ2n) is 4.89. The minimum absolute atomic E-state index is 0.270. The van der Waals surface area contributed by atoms with Gasteiger partial charge in [0.25, 0.3) is 5.91 Å². The number of nitrogens with one attached hydrogen (secondary N) is 1. The summed E-state index contributed by atoms with van der Waals surface area (Å²) in [5, 5.41) is 2.75. The van der Waals surface area contributed by atoms with Crippen LogP contribution in [-0.2, 0) is 9.53 Å². The summed E-state index contributed by atoms with van der Waals surface area (Å²) in [4.78, 5) is 24.7. The molecule has 0 fully saturated rings. The second-order valence-corrected chi connectivity index (χ2v) is 5.73. The van der Waals surface area contributed by atoms with E-state index in [9.17, 15) is 9.59 Å². The molecule has 0 aliphatic rings. The van der Waals surface area contributed by atoms with Crippen LogP contribution in [0, 0.1) is 5.92 Å². The van der Waals surface area contributed by atoms with Gasteiger partial charge in [0.15, 0.2) is 6.10 Å². The average molecular weight is 295 g/mol. The maximum Gasteiger partial charge on any atom is 0.340 e. The van der Waals surface area contributed by atoms with Crippen molar-refractivity contribution in [1.82, 2.24) is 5.32 Å². The van der Waals surface area contributed by atoms with Crippen LogP contribution in [0.2, 0.25) is 0 Å². The van der Waals surface area contributed by atoms with E-state index in [1.54, 1.807) is 19.1 Å². The molecule has 5 heteroatoms. The number of thioether (sulfide) groups is 1. The predicted octanol–water partition coefficient (Wildman–Crippen LogP) is 2.73. The fourth-order valence-electron chi connectivity index (χ4n) is 1.54. The molecule has 1 atom stereocenters. The lowest BCUT2D eigenvalue weighted by Crippen LogP contribution is -2.37. The fraction of sp³-hybridized carbons (Fsp3) is 0.467. The number of hydrogen-bond donors (Lipinski definition) is 1. The summed E-state index contributed by atoms with van der Waals surface area (Å²) < 4.78 is 5.21. The smallest absolute Gasteiger partial charge is 0.340 e. The summed E-state index contributed by atoms with van der Waals surface area (Å²) in [7, 11) is 0. The SMILES string of the molecule is CSc1ccccc1C(=O)O[C@@H](C)C(=O)NCC(C)C. The molecule has 0 saturated carbocycles. The molecule has 0 spiro atoms. The van der Waals surface area contributed by atoms with Crippen LogP contribution < -0.4 is 5.32 Å². The fourth-order valence-corrected chi connectivity index (χ4v) is 2.13. The van der Waals surface area contributed by atoms with Crippen LogP contribution in [-0.4, -0.2) is 30.8 Å². The third-order valence-electron chi connectivity index (χ3n) is 2.66. The number of carbonyl (C=O) groups is 2. The molecular formula is C15H21NO3S. The van der Waals surface area contributed by atoms with Crippen LogP contribution in [0.1, 0.15) is 31.1 Å². The van der Waals surface area contributed by atoms with Gasteiger partial charge in [0.1, 0.15) is 0 Å². The Kier molecular flexibility index (Phi) is 6.58. The van der Waals surface area contributed by atoms with Crippen molar-refractivity contribution in [3.8, 4) is 0 Å². The van der Waals surface area contributed by atoms with Gasteiger partial charge in [0.05, 0.1) is 5.56 Å². The first-order valence-electron chi connectivity index (χ1n) is 6.57. The molecule has 1 rings (SSSR count). The number of rotatable bonds is 6. The van der Waals surface area contributed by atoms with Gasteiger partial charge in [0, 0.05) is 11.4 Å². The Morgan fingerprint density at radius 3 is 2.50 bits per heavy atom. The number of benzene rings is 1. The van der Waals surface area contributed by atoms with Crippen molar-refractivity contribution in [2.45, 2.75) is 31.8 Å². The predicted molar refractivity (Wildman–Crippen MR) is 80.9 cm³/mol. The van der Waals surface area contributed by atoms with Crippen molar-refractivity contribution in [2.24, 2.45) is 5.92 Å². The highest BCUT2D eigenvalue weighted by Gasteiger charge is 2.20. The van der Waals surface area contributed by atoms with Gasteiger partial charge in [-0.05, 0) is 31.2 Å². The van der Waals surface area contributed by atoms with Crippen LogP contribution in [0.25, 0.3) is 0 Å². The first-order valence-corrected chi connectivity index (χ1v) is 7.80. The molecule has 0 aromatic heterocycles. The summed E-state index contributed by atoms with van der Waals surface area (Å²) in [6, 6.07) is 7.19. The molecule has 1 aromatic carbocycles. The number of esters is 1. The summed E-state index contributed by atoms with van der Waals surface area (Å²) in [5.41, 5.74) is 0.489. The standard InChI is InChI=1S/C15H21NO3S/c1-10(2)9-16-14(17)11(3)19-15(18)12-7-5-6-8-13(12)20-4/h5-8,10-11H,9H2,1-4H3,(H,16,17)/t11-/m0/s1. The third-order valence-corrected chi connectivity index (χ3v) is 3.46. The van der Waals surface area contributed by atoms with Crippen LogP contribution in [0.3, 0.4) is 0 Å². The van der Waals surface area contributed by atoms with E-state index in [-0.39, 0.29) is 5.91 Å². The zero-order chi connectivity index (χ0) is 15.1. The highest BCUT2D eigenvalue weighted by molar-refractivity contribution is 7.98. The Morgan fingerprint density at radius 1 is 1.25 bits per heavy atom. The summed E-state index contributed by atoms with van der Waals surface area (Å²) in [5.74, 6) is -0.380. The molecule has 0 aliphatic heterocycles. The molecule has 4 nitrogen and oxygen atoms in total. The van der Waals surface area contributed by atoms with Crippen molar-refractivity contribution in [2.75, 3.05) is 12.8 Å². The Morgan fingerprint density at radius 2 is 1.90 bits per heavy atom.